The van der Waals surface area contributed by atoms with Gasteiger partial charge in [0.1, 0.15) is 10.7 Å². The Morgan fingerprint density at radius 2 is 2.28 bits per heavy atom. The van der Waals surface area contributed by atoms with E-state index in [0.717, 1.165) is 12.2 Å². The fourth-order valence-corrected chi connectivity index (χ4v) is 2.38. The second-order valence-corrected chi connectivity index (χ2v) is 5.20. The lowest BCUT2D eigenvalue weighted by Gasteiger charge is -2.16. The molecule has 0 aliphatic carbocycles. The summed E-state index contributed by atoms with van der Waals surface area (Å²) in [7, 11) is 1.93. The van der Waals surface area contributed by atoms with Gasteiger partial charge in [0.15, 0.2) is 0 Å². The van der Waals surface area contributed by atoms with E-state index in [2.05, 4.69) is 15.0 Å². The first-order valence-corrected chi connectivity index (χ1v) is 6.59. The summed E-state index contributed by atoms with van der Waals surface area (Å²) in [6, 6.07) is 1.71. The third-order valence-electron chi connectivity index (χ3n) is 2.46. The molecule has 0 aliphatic rings. The van der Waals surface area contributed by atoms with Gasteiger partial charge in [-0.15, -0.1) is 11.3 Å². The van der Waals surface area contributed by atoms with E-state index in [4.69, 9.17) is 18.0 Å². The molecule has 0 spiro atoms. The molecule has 2 rings (SSSR count). The Kier molecular flexibility index (Phi) is 3.83. The van der Waals surface area contributed by atoms with Crippen LogP contribution in [0, 0.1) is 6.92 Å². The molecule has 0 aromatic carbocycles. The highest BCUT2D eigenvalue weighted by Crippen LogP contribution is 2.16. The average Bonchev–Trinajstić information content (AvgIpc) is 2.75. The zero-order valence-electron chi connectivity index (χ0n) is 10.1. The van der Waals surface area contributed by atoms with Crippen LogP contribution in [0.2, 0.25) is 0 Å². The quantitative estimate of drug-likeness (QED) is 0.856. The normalized spacial score (nSPS) is 10.3. The maximum Gasteiger partial charge on any atom is 0.226 e. The molecule has 2 aromatic rings. The van der Waals surface area contributed by atoms with E-state index in [1.165, 1.54) is 4.88 Å². The van der Waals surface area contributed by atoms with Crippen molar-refractivity contribution >= 4 is 34.5 Å². The number of nitrogens with two attached hydrogens (primary N) is 1. The van der Waals surface area contributed by atoms with Gasteiger partial charge in [-0.1, -0.05) is 12.2 Å². The van der Waals surface area contributed by atoms with Gasteiger partial charge < -0.3 is 10.6 Å². The minimum Gasteiger partial charge on any atom is -0.388 e. The summed E-state index contributed by atoms with van der Waals surface area (Å²) in [5.41, 5.74) is 9.02. The molecule has 0 saturated carbocycles. The third-order valence-corrected chi connectivity index (χ3v) is 3.59. The SMILES string of the molecule is Cc1ncsc1CN(C)c1nccc(C(N)=S)n1. The molecule has 2 aromatic heterocycles. The second-order valence-electron chi connectivity index (χ2n) is 3.82. The Hall–Kier alpha value is -1.60. The number of thiocarbonyl (C=S) groups is 1. The van der Waals surface area contributed by atoms with Gasteiger partial charge in [-0.3, -0.25) is 0 Å². The fraction of sp³-hybridized carbons (Fsp3) is 0.273. The van der Waals surface area contributed by atoms with Crippen molar-refractivity contribution in [1.82, 2.24) is 15.0 Å². The molecule has 2 heterocycles. The molecule has 0 fully saturated rings. The van der Waals surface area contributed by atoms with Crippen molar-refractivity contribution in [3.8, 4) is 0 Å². The number of aromatic nitrogens is 3. The summed E-state index contributed by atoms with van der Waals surface area (Å²) in [6.07, 6.45) is 1.66. The first-order chi connectivity index (χ1) is 8.58. The third kappa shape index (κ3) is 2.80. The molecule has 7 heteroatoms. The molecule has 0 bridgehead atoms. The summed E-state index contributed by atoms with van der Waals surface area (Å²) in [5, 5.41) is 0. The number of aryl methyl sites for hydroxylation is 1. The van der Waals surface area contributed by atoms with E-state index in [1.54, 1.807) is 23.6 Å². The van der Waals surface area contributed by atoms with E-state index in [1.807, 2.05) is 24.4 Å². The summed E-state index contributed by atoms with van der Waals surface area (Å²) >= 11 is 6.53. The van der Waals surface area contributed by atoms with Crippen LogP contribution >= 0.6 is 23.6 Å². The Morgan fingerprint density at radius 1 is 1.50 bits per heavy atom. The number of anilines is 1. The van der Waals surface area contributed by atoms with Gasteiger partial charge in [0.05, 0.1) is 17.7 Å². The van der Waals surface area contributed by atoms with Crippen LogP contribution in [-0.2, 0) is 6.54 Å². The zero-order valence-corrected chi connectivity index (χ0v) is 11.8. The first kappa shape index (κ1) is 12.8. The van der Waals surface area contributed by atoms with Crippen LogP contribution in [0.25, 0.3) is 0 Å². The molecule has 0 unspecified atom stereocenters. The summed E-state index contributed by atoms with van der Waals surface area (Å²) in [5.74, 6) is 0.605. The minimum absolute atomic E-state index is 0.279. The number of hydrogen-bond acceptors (Lipinski definition) is 6. The summed E-state index contributed by atoms with van der Waals surface area (Å²) in [6.45, 7) is 2.71. The first-order valence-electron chi connectivity index (χ1n) is 5.31. The smallest absolute Gasteiger partial charge is 0.226 e. The molecule has 0 atom stereocenters. The predicted molar refractivity (Wildman–Crippen MR) is 76.9 cm³/mol. The van der Waals surface area contributed by atoms with Crippen molar-refractivity contribution in [2.75, 3.05) is 11.9 Å². The van der Waals surface area contributed by atoms with Crippen LogP contribution in [0.1, 0.15) is 16.3 Å². The molecule has 0 radical (unpaired) electrons. The predicted octanol–water partition coefficient (Wildman–Crippen LogP) is 1.51. The summed E-state index contributed by atoms with van der Waals surface area (Å²) in [4.78, 5) is 16.2. The van der Waals surface area contributed by atoms with Gasteiger partial charge >= 0.3 is 0 Å². The Balaban J connectivity index is 2.18. The van der Waals surface area contributed by atoms with E-state index >= 15 is 0 Å². The minimum atomic E-state index is 0.279. The van der Waals surface area contributed by atoms with Crippen molar-refractivity contribution in [3.63, 3.8) is 0 Å². The second kappa shape index (κ2) is 5.36. The van der Waals surface area contributed by atoms with Gasteiger partial charge in [-0.2, -0.15) is 0 Å². The Bertz CT molecular complexity index is 566. The number of thiazole rings is 1. The van der Waals surface area contributed by atoms with Crippen molar-refractivity contribution in [3.05, 3.63) is 34.0 Å². The van der Waals surface area contributed by atoms with E-state index in [9.17, 15) is 0 Å². The maximum atomic E-state index is 5.56. The Labute approximate surface area is 115 Å². The van der Waals surface area contributed by atoms with Crippen molar-refractivity contribution in [2.24, 2.45) is 5.73 Å². The highest BCUT2D eigenvalue weighted by Gasteiger charge is 2.10. The molecular weight excluding hydrogens is 266 g/mol. The van der Waals surface area contributed by atoms with Gasteiger partial charge in [0.25, 0.3) is 0 Å². The van der Waals surface area contributed by atoms with Crippen LogP contribution in [0.3, 0.4) is 0 Å². The van der Waals surface area contributed by atoms with Gasteiger partial charge in [-0.05, 0) is 13.0 Å². The molecule has 18 heavy (non-hydrogen) atoms. The molecule has 94 valence electrons. The summed E-state index contributed by atoms with van der Waals surface area (Å²) < 4.78 is 0. The zero-order chi connectivity index (χ0) is 13.1. The maximum absolute atomic E-state index is 5.56. The van der Waals surface area contributed by atoms with Crippen LogP contribution in [-0.4, -0.2) is 27.0 Å². The highest BCUT2D eigenvalue weighted by molar-refractivity contribution is 7.80. The van der Waals surface area contributed by atoms with Gasteiger partial charge in [0.2, 0.25) is 5.95 Å². The lowest BCUT2D eigenvalue weighted by molar-refractivity contribution is 0.868. The number of rotatable bonds is 4. The Morgan fingerprint density at radius 3 is 2.89 bits per heavy atom. The average molecular weight is 279 g/mol. The number of hydrogen-bond donors (Lipinski definition) is 1. The lowest BCUT2D eigenvalue weighted by atomic mass is 10.3. The van der Waals surface area contributed by atoms with E-state index in [0.29, 0.717) is 11.6 Å². The van der Waals surface area contributed by atoms with Crippen LogP contribution in [0.15, 0.2) is 17.8 Å². The van der Waals surface area contributed by atoms with Crippen molar-refractivity contribution in [2.45, 2.75) is 13.5 Å². The largest absolute Gasteiger partial charge is 0.388 e. The lowest BCUT2D eigenvalue weighted by Crippen LogP contribution is -2.21. The van der Waals surface area contributed by atoms with Crippen molar-refractivity contribution < 1.29 is 0 Å². The monoisotopic (exact) mass is 279 g/mol. The fourth-order valence-electron chi connectivity index (χ4n) is 1.43. The topological polar surface area (TPSA) is 67.9 Å². The van der Waals surface area contributed by atoms with Gasteiger partial charge in [-0.25, -0.2) is 15.0 Å². The standard InChI is InChI=1S/C11H13N5S2/c1-7-9(18-6-14-7)5-16(2)11-13-4-3-8(15-11)10(12)17/h3-4,6H,5H2,1-2H3,(H2,12,17). The highest BCUT2D eigenvalue weighted by atomic mass is 32.1. The van der Waals surface area contributed by atoms with Crippen LogP contribution in [0.5, 0.6) is 0 Å². The molecular formula is C11H13N5S2. The van der Waals surface area contributed by atoms with Crippen LogP contribution in [0.4, 0.5) is 5.95 Å². The van der Waals surface area contributed by atoms with Gasteiger partial charge in [0, 0.05) is 18.1 Å². The van der Waals surface area contributed by atoms with E-state index in [-0.39, 0.29) is 4.99 Å². The molecule has 0 amide bonds. The van der Waals surface area contributed by atoms with E-state index < -0.39 is 0 Å². The van der Waals surface area contributed by atoms with Crippen LogP contribution < -0.4 is 10.6 Å². The number of nitrogens with zero attached hydrogens (tertiary/aromatic N) is 4. The van der Waals surface area contributed by atoms with Crippen molar-refractivity contribution in [1.29, 1.82) is 0 Å². The molecule has 2 N–H and O–H groups in total. The molecule has 5 nitrogen and oxygen atoms in total. The molecule has 0 aliphatic heterocycles. The molecule has 0 saturated heterocycles.